The number of amides is 5. The van der Waals surface area contributed by atoms with E-state index >= 15 is 0 Å². The Bertz CT molecular complexity index is 2350. The Morgan fingerprint density at radius 1 is 0.616 bits per heavy atom. The highest BCUT2D eigenvalue weighted by Gasteiger charge is 2.34. The quantitative estimate of drug-likeness (QED) is 0.0387. The first kappa shape index (κ1) is 57.5. The summed E-state index contributed by atoms with van der Waals surface area (Å²) in [6.07, 6.45) is 3.16. The first-order valence-electron chi connectivity index (χ1n) is 25.8. The molecule has 1 fully saturated rings. The van der Waals surface area contributed by atoms with Crippen LogP contribution in [0.15, 0.2) is 72.8 Å². The zero-order valence-corrected chi connectivity index (χ0v) is 44.6. The van der Waals surface area contributed by atoms with Gasteiger partial charge in [0.05, 0.1) is 0 Å². The van der Waals surface area contributed by atoms with Crippen molar-refractivity contribution in [2.24, 2.45) is 11.8 Å². The lowest BCUT2D eigenvalue weighted by Crippen LogP contribution is -2.53. The summed E-state index contributed by atoms with van der Waals surface area (Å²) in [5, 5.41) is 14.2. The predicted octanol–water partition coefficient (Wildman–Crippen LogP) is 8.50. The Labute approximate surface area is 431 Å². The highest BCUT2D eigenvalue weighted by molar-refractivity contribution is 5.89. The summed E-state index contributed by atoms with van der Waals surface area (Å²) in [5.74, 6) is -2.68. The van der Waals surface area contributed by atoms with Crippen molar-refractivity contribution in [2.75, 3.05) is 19.7 Å². The fourth-order valence-corrected chi connectivity index (χ4v) is 9.14. The Kier molecular flexibility index (Phi) is 20.4. The van der Waals surface area contributed by atoms with E-state index < -0.39 is 65.0 Å². The van der Waals surface area contributed by atoms with Crippen LogP contribution < -0.4 is 26.6 Å². The maximum absolute atomic E-state index is 13.8. The molecule has 2 aliphatic carbocycles. The lowest BCUT2D eigenvalue weighted by atomic mass is 9.81. The second-order valence-corrected chi connectivity index (χ2v) is 22.4. The molecule has 0 saturated heterocycles. The molecule has 0 radical (unpaired) electrons. The number of aryl methyl sites for hydroxylation is 1. The molecule has 1 saturated carbocycles. The van der Waals surface area contributed by atoms with E-state index in [4.69, 9.17) is 18.9 Å². The van der Waals surface area contributed by atoms with E-state index in [9.17, 15) is 33.6 Å². The molecule has 16 heteroatoms. The van der Waals surface area contributed by atoms with Crippen LogP contribution in [0, 0.1) is 18.8 Å². The molecule has 5 N–H and O–H groups in total. The van der Waals surface area contributed by atoms with Crippen molar-refractivity contribution < 1.29 is 52.5 Å². The SMILES string of the molecule is Cc1cccc(C[C@H](NC(=O)C2CCC(CNC(=O)OCC3c4ccccc4-c4ccccc43)CC2)C(=O)NCCCC[C@H](NC(=O)N[C@@H](CCC(=O)OC(C)(C)C)C(=O)OC(C)(C)C)C(=O)OC(C)(C)C)c1. The largest absolute Gasteiger partial charge is 0.460 e. The molecule has 0 aromatic heterocycles. The minimum Gasteiger partial charge on any atom is -0.460 e. The molecule has 5 rings (SSSR count). The molecule has 2 aliphatic rings. The summed E-state index contributed by atoms with van der Waals surface area (Å²) in [7, 11) is 0. The van der Waals surface area contributed by atoms with Gasteiger partial charge in [0.1, 0.15) is 41.5 Å². The molecule has 73 heavy (non-hydrogen) atoms. The Morgan fingerprint density at radius 3 is 1.74 bits per heavy atom. The van der Waals surface area contributed by atoms with Crippen LogP contribution in [0.3, 0.4) is 0 Å². The van der Waals surface area contributed by atoms with Crippen molar-refractivity contribution in [3.63, 3.8) is 0 Å². The zero-order valence-electron chi connectivity index (χ0n) is 44.6. The summed E-state index contributed by atoms with van der Waals surface area (Å²) in [4.78, 5) is 93.1. The third-order valence-corrected chi connectivity index (χ3v) is 12.5. The molecule has 0 aliphatic heterocycles. The van der Waals surface area contributed by atoms with Gasteiger partial charge in [-0.1, -0.05) is 78.4 Å². The predicted molar refractivity (Wildman–Crippen MR) is 278 cm³/mol. The number of hydrogen-bond donors (Lipinski definition) is 5. The highest BCUT2D eigenvalue weighted by atomic mass is 16.6. The molecule has 398 valence electrons. The summed E-state index contributed by atoms with van der Waals surface area (Å²) < 4.78 is 22.3. The number of unbranched alkanes of at least 4 members (excludes halogenated alkanes) is 1. The van der Waals surface area contributed by atoms with Crippen LogP contribution >= 0.6 is 0 Å². The number of nitrogens with one attached hydrogen (secondary N) is 5. The minimum absolute atomic E-state index is 0.0298. The Morgan fingerprint density at radius 2 is 1.18 bits per heavy atom. The van der Waals surface area contributed by atoms with E-state index in [1.807, 2.05) is 55.5 Å². The molecule has 0 unspecified atom stereocenters. The number of benzene rings is 3. The summed E-state index contributed by atoms with van der Waals surface area (Å²) in [6, 6.07) is 20.2. The van der Waals surface area contributed by atoms with Crippen LogP contribution in [0.4, 0.5) is 9.59 Å². The van der Waals surface area contributed by atoms with Gasteiger partial charge in [0.25, 0.3) is 0 Å². The summed E-state index contributed by atoms with van der Waals surface area (Å²) >= 11 is 0. The van der Waals surface area contributed by atoms with E-state index in [1.165, 1.54) is 0 Å². The van der Waals surface area contributed by atoms with Crippen molar-refractivity contribution in [2.45, 2.75) is 174 Å². The van der Waals surface area contributed by atoms with Crippen LogP contribution in [-0.2, 0) is 49.3 Å². The van der Waals surface area contributed by atoms with Gasteiger partial charge >= 0.3 is 30.0 Å². The molecule has 0 spiro atoms. The van der Waals surface area contributed by atoms with E-state index in [-0.39, 0.29) is 68.4 Å². The van der Waals surface area contributed by atoms with Crippen molar-refractivity contribution in [1.29, 1.82) is 0 Å². The van der Waals surface area contributed by atoms with Crippen LogP contribution in [0.1, 0.15) is 148 Å². The highest BCUT2D eigenvalue weighted by Crippen LogP contribution is 2.44. The van der Waals surface area contributed by atoms with Gasteiger partial charge in [0.2, 0.25) is 11.8 Å². The number of carbonyl (C=O) groups excluding carboxylic acids is 7. The van der Waals surface area contributed by atoms with Gasteiger partial charge in [-0.15, -0.1) is 0 Å². The molecule has 0 bridgehead atoms. The smallest absolute Gasteiger partial charge is 0.407 e. The maximum atomic E-state index is 13.8. The van der Waals surface area contributed by atoms with E-state index in [0.717, 1.165) is 46.2 Å². The van der Waals surface area contributed by atoms with Crippen LogP contribution in [0.2, 0.25) is 0 Å². The monoisotopic (exact) mass is 1010 g/mol. The minimum atomic E-state index is -1.23. The standard InChI is InChI=1S/C57H79N5O11/c1-36-18-17-19-38(32-36)33-47(60-49(64)39-27-25-37(26-28-39)34-59-54(69)70-35-44-42-22-13-11-20-40(42)41-21-12-14-23-43(41)44)50(65)58-31-16-15-24-45(51(66)72-56(5,6)7)61-53(68)62-46(52(67)73-57(8,9)10)29-30-48(63)71-55(2,3)4/h11-14,17-23,32,37,39,44-47H,15-16,24-31,33-35H2,1-10H3,(H,58,65)(H,59,69)(H,60,64)(H2,61,62,68)/t37?,39?,45-,46-,47-/m0/s1. The number of carbonyl (C=O) groups is 7. The number of alkyl carbamates (subject to hydrolysis) is 1. The molecule has 5 amide bonds. The average molecular weight is 1010 g/mol. The second-order valence-electron chi connectivity index (χ2n) is 22.4. The third kappa shape index (κ3) is 19.2. The van der Waals surface area contributed by atoms with Crippen molar-refractivity contribution in [3.8, 4) is 11.1 Å². The van der Waals surface area contributed by atoms with Gasteiger partial charge < -0.3 is 45.5 Å². The third-order valence-electron chi connectivity index (χ3n) is 12.5. The fraction of sp³-hybridized carbons (Fsp3) is 0.561. The van der Waals surface area contributed by atoms with Crippen LogP contribution in [0.25, 0.3) is 11.1 Å². The van der Waals surface area contributed by atoms with Crippen molar-refractivity contribution in [1.82, 2.24) is 26.6 Å². The number of esters is 3. The van der Waals surface area contributed by atoms with Gasteiger partial charge in [0, 0.05) is 37.8 Å². The molecule has 0 heterocycles. The van der Waals surface area contributed by atoms with Gasteiger partial charge in [-0.25, -0.2) is 19.2 Å². The second kappa shape index (κ2) is 26.0. The summed E-state index contributed by atoms with van der Waals surface area (Å²) in [5.41, 5.74) is 4.06. The van der Waals surface area contributed by atoms with Gasteiger partial charge in [0.15, 0.2) is 0 Å². The van der Waals surface area contributed by atoms with Gasteiger partial charge in [-0.2, -0.15) is 0 Å². The normalized spacial score (nSPS) is 16.8. The number of urea groups is 1. The van der Waals surface area contributed by atoms with Crippen molar-refractivity contribution in [3.05, 3.63) is 95.1 Å². The summed E-state index contributed by atoms with van der Waals surface area (Å²) in [6.45, 7) is 18.2. The number of fused-ring (bicyclic) bond motifs is 3. The average Bonchev–Trinajstić information content (AvgIpc) is 3.62. The topological polar surface area (TPSA) is 217 Å². The Hall–Kier alpha value is -6.45. The van der Waals surface area contributed by atoms with Crippen molar-refractivity contribution >= 4 is 41.8 Å². The lowest BCUT2D eigenvalue weighted by Gasteiger charge is -2.29. The Balaban J connectivity index is 1.11. The zero-order chi connectivity index (χ0) is 53.5. The van der Waals surface area contributed by atoms with Gasteiger partial charge in [-0.05, 0) is 154 Å². The van der Waals surface area contributed by atoms with E-state index in [2.05, 4.69) is 50.8 Å². The first-order valence-corrected chi connectivity index (χ1v) is 25.8. The number of rotatable bonds is 21. The lowest BCUT2D eigenvalue weighted by molar-refractivity contribution is -0.159. The van der Waals surface area contributed by atoms with Gasteiger partial charge in [-0.3, -0.25) is 14.4 Å². The molecule has 3 atom stereocenters. The molecule has 3 aromatic carbocycles. The maximum Gasteiger partial charge on any atom is 0.407 e. The first-order chi connectivity index (χ1) is 34.3. The number of ether oxygens (including phenoxy) is 4. The molecule has 3 aromatic rings. The fourth-order valence-electron chi connectivity index (χ4n) is 9.14. The molecular weight excluding hydrogens is 931 g/mol. The van der Waals surface area contributed by atoms with Crippen LogP contribution in [-0.4, -0.2) is 96.5 Å². The van der Waals surface area contributed by atoms with Crippen LogP contribution in [0.5, 0.6) is 0 Å². The molecule has 16 nitrogen and oxygen atoms in total. The molecular formula is C57H79N5O11. The van der Waals surface area contributed by atoms with E-state index in [1.54, 1.807) is 62.3 Å². The van der Waals surface area contributed by atoms with E-state index in [0.29, 0.717) is 32.2 Å². The number of hydrogen-bond acceptors (Lipinski definition) is 11.